The van der Waals surface area contributed by atoms with Gasteiger partial charge in [-0.2, -0.15) is 0 Å². The van der Waals surface area contributed by atoms with Crippen molar-refractivity contribution in [2.45, 2.75) is 13.8 Å². The minimum atomic E-state index is -3.44. The van der Waals surface area contributed by atoms with Gasteiger partial charge < -0.3 is 0 Å². The third-order valence-electron chi connectivity index (χ3n) is 0.867. The Kier molecular flexibility index (Phi) is 4.64. The van der Waals surface area contributed by atoms with E-state index in [9.17, 15) is 4.79 Å². The average molecular weight is 308 g/mol. The summed E-state index contributed by atoms with van der Waals surface area (Å²) in [5.74, 6) is -0.0690. The molecule has 0 spiro atoms. The zero-order chi connectivity index (χ0) is 8.36. The van der Waals surface area contributed by atoms with Gasteiger partial charge in [-0.05, 0) is 0 Å². The molecule has 0 aromatic carbocycles. The van der Waals surface area contributed by atoms with E-state index in [0.29, 0.717) is 3.59 Å². The van der Waals surface area contributed by atoms with Gasteiger partial charge in [0.25, 0.3) is 0 Å². The second kappa shape index (κ2) is 4.19. The molecule has 0 aliphatic carbocycles. The van der Waals surface area contributed by atoms with Crippen LogP contribution in [-0.2, 0) is 4.79 Å². The van der Waals surface area contributed by atoms with Crippen molar-refractivity contribution in [3.63, 3.8) is 0 Å². The summed E-state index contributed by atoms with van der Waals surface area (Å²) < 4.78 is 0.645. The van der Waals surface area contributed by atoms with Crippen LogP contribution in [0.15, 0.2) is 9.67 Å². The van der Waals surface area contributed by atoms with Gasteiger partial charge in [0.05, 0.1) is 0 Å². The standard InChI is InChI=1S/C5H7O.3ClH.Sn/c1-3-4-5(2)6;;;;/h4H,1-2H3;3*1H;/q;;;;+3/p-3. The molecule has 58 valence electrons. The van der Waals surface area contributed by atoms with Crippen LogP contribution in [0.4, 0.5) is 0 Å². The number of hydrogen-bond acceptors (Lipinski definition) is 1. The van der Waals surface area contributed by atoms with Crippen molar-refractivity contribution in [3.8, 4) is 0 Å². The van der Waals surface area contributed by atoms with Crippen LogP contribution in [-0.4, -0.2) is 20.8 Å². The summed E-state index contributed by atoms with van der Waals surface area (Å²) in [5, 5.41) is 0. The Balaban J connectivity index is 4.35. The van der Waals surface area contributed by atoms with Crippen LogP contribution in [0.3, 0.4) is 0 Å². The third kappa shape index (κ3) is 4.83. The van der Waals surface area contributed by atoms with E-state index in [1.165, 1.54) is 13.0 Å². The SMILES string of the molecule is CC(=O)C=[C](C)[Sn]([Cl])([Cl])[Cl]. The Morgan fingerprint density at radius 3 is 1.80 bits per heavy atom. The number of carbonyl (C=O) groups is 1. The first-order chi connectivity index (χ1) is 4.34. The second-order valence-electron chi connectivity index (χ2n) is 1.94. The molecule has 0 heterocycles. The van der Waals surface area contributed by atoms with Gasteiger partial charge in [0.1, 0.15) is 0 Å². The van der Waals surface area contributed by atoms with Crippen molar-refractivity contribution in [1.82, 2.24) is 0 Å². The molecule has 0 rings (SSSR count). The van der Waals surface area contributed by atoms with Crippen LogP contribution in [0.25, 0.3) is 0 Å². The topological polar surface area (TPSA) is 17.1 Å². The van der Waals surface area contributed by atoms with Crippen LogP contribution < -0.4 is 0 Å². The first kappa shape index (κ1) is 11.1. The fourth-order valence-electron chi connectivity index (χ4n) is 0.387. The Morgan fingerprint density at radius 1 is 1.30 bits per heavy atom. The van der Waals surface area contributed by atoms with E-state index in [4.69, 9.17) is 26.8 Å². The molecule has 0 saturated carbocycles. The number of hydrogen-bond donors (Lipinski definition) is 0. The summed E-state index contributed by atoms with van der Waals surface area (Å²) in [6.07, 6.45) is 1.39. The molecule has 0 saturated heterocycles. The van der Waals surface area contributed by atoms with Crippen LogP contribution in [0, 0.1) is 0 Å². The zero-order valence-electron chi connectivity index (χ0n) is 5.62. The van der Waals surface area contributed by atoms with E-state index in [1.54, 1.807) is 6.92 Å². The molecule has 1 nitrogen and oxygen atoms in total. The predicted octanol–water partition coefficient (Wildman–Crippen LogP) is 2.72. The van der Waals surface area contributed by atoms with Crippen molar-refractivity contribution in [2.24, 2.45) is 0 Å². The minimum absolute atomic E-state index is 0.0690. The van der Waals surface area contributed by atoms with Gasteiger partial charge in [-0.3, -0.25) is 0 Å². The molecule has 0 aromatic rings. The first-order valence-corrected chi connectivity index (χ1v) is 14.9. The van der Waals surface area contributed by atoms with Crippen LogP contribution >= 0.6 is 26.8 Å². The van der Waals surface area contributed by atoms with Gasteiger partial charge in [0.2, 0.25) is 0 Å². The fourth-order valence-corrected chi connectivity index (χ4v) is 2.53. The molecule has 0 bridgehead atoms. The van der Waals surface area contributed by atoms with Gasteiger partial charge in [-0.1, -0.05) is 0 Å². The van der Waals surface area contributed by atoms with Gasteiger partial charge in [-0.15, -0.1) is 0 Å². The quantitative estimate of drug-likeness (QED) is 0.566. The maximum absolute atomic E-state index is 10.5. The zero-order valence-corrected chi connectivity index (χ0v) is 10.7. The van der Waals surface area contributed by atoms with Crippen molar-refractivity contribution < 1.29 is 4.79 Å². The average Bonchev–Trinajstić information content (AvgIpc) is 1.60. The molecule has 0 N–H and O–H groups in total. The van der Waals surface area contributed by atoms with E-state index in [2.05, 4.69) is 0 Å². The van der Waals surface area contributed by atoms with E-state index < -0.39 is 15.0 Å². The maximum atomic E-state index is 10.5. The Hall–Kier alpha value is 1.08. The van der Waals surface area contributed by atoms with E-state index in [-0.39, 0.29) is 5.78 Å². The Bertz CT molecular complexity index is 170. The molecule has 0 atom stereocenters. The fraction of sp³-hybridized carbons (Fsp3) is 0.400. The van der Waals surface area contributed by atoms with Crippen molar-refractivity contribution >= 4 is 47.5 Å². The predicted molar refractivity (Wildman–Crippen MR) is 47.8 cm³/mol. The molecule has 0 aliphatic rings. The summed E-state index contributed by atoms with van der Waals surface area (Å²) >= 11 is -3.44. The molecule has 0 radical (unpaired) electrons. The third-order valence-corrected chi connectivity index (χ3v) is 9.83. The Labute approximate surface area is 75.4 Å². The molecule has 0 fully saturated rings. The monoisotopic (exact) mass is 308 g/mol. The van der Waals surface area contributed by atoms with E-state index in [0.717, 1.165) is 0 Å². The number of allylic oxidation sites excluding steroid dienone is 2. The number of halogens is 3. The molecule has 10 heavy (non-hydrogen) atoms. The molecule has 0 amide bonds. The van der Waals surface area contributed by atoms with Gasteiger partial charge in [0, 0.05) is 0 Å². The second-order valence-corrected chi connectivity index (χ2v) is 22.3. The molecular formula is C5H7Cl3OSn. The van der Waals surface area contributed by atoms with Gasteiger partial charge >= 0.3 is 75.9 Å². The van der Waals surface area contributed by atoms with Gasteiger partial charge in [0.15, 0.2) is 0 Å². The number of carbonyl (C=O) groups excluding carboxylic acids is 1. The van der Waals surface area contributed by atoms with Gasteiger partial charge in [-0.25, -0.2) is 0 Å². The summed E-state index contributed by atoms with van der Waals surface area (Å²) in [6, 6.07) is 0. The summed E-state index contributed by atoms with van der Waals surface area (Å²) in [7, 11) is 16.9. The van der Waals surface area contributed by atoms with Crippen molar-refractivity contribution in [1.29, 1.82) is 0 Å². The molecule has 0 aliphatic heterocycles. The van der Waals surface area contributed by atoms with Crippen LogP contribution in [0.1, 0.15) is 13.8 Å². The normalized spacial score (nSPS) is 13.5. The molecular weight excluding hydrogens is 301 g/mol. The summed E-state index contributed by atoms with van der Waals surface area (Å²) in [4.78, 5) is 10.5. The Morgan fingerprint density at radius 2 is 1.70 bits per heavy atom. The van der Waals surface area contributed by atoms with Crippen molar-refractivity contribution in [3.05, 3.63) is 9.67 Å². The first-order valence-electron chi connectivity index (χ1n) is 2.60. The molecule has 0 unspecified atom stereocenters. The van der Waals surface area contributed by atoms with E-state index in [1.807, 2.05) is 0 Å². The molecule has 5 heteroatoms. The van der Waals surface area contributed by atoms with Crippen molar-refractivity contribution in [2.75, 3.05) is 0 Å². The summed E-state index contributed by atoms with van der Waals surface area (Å²) in [6.45, 7) is 3.12. The van der Waals surface area contributed by atoms with E-state index >= 15 is 0 Å². The molecule has 0 aromatic heterocycles. The number of ketones is 1. The van der Waals surface area contributed by atoms with Crippen LogP contribution in [0.2, 0.25) is 0 Å². The van der Waals surface area contributed by atoms with Crippen LogP contribution in [0.5, 0.6) is 0 Å². The number of rotatable bonds is 2. The summed E-state index contributed by atoms with van der Waals surface area (Å²) in [5.41, 5.74) is 0.